The summed E-state index contributed by atoms with van der Waals surface area (Å²) in [6.45, 7) is 2.05. The van der Waals surface area contributed by atoms with Crippen LogP contribution >= 0.6 is 15.9 Å². The third-order valence-electron chi connectivity index (χ3n) is 2.41. The smallest absolute Gasteiger partial charge is 0.379 e. The molecule has 1 aliphatic heterocycles. The van der Waals surface area contributed by atoms with Crippen molar-refractivity contribution in [3.63, 3.8) is 0 Å². The fourth-order valence-electron chi connectivity index (χ4n) is 1.63. The maximum atomic E-state index is 14.0. The zero-order valence-corrected chi connectivity index (χ0v) is 11.6. The lowest BCUT2D eigenvalue weighted by atomic mass is 10.1. The molecular weight excluding hydrogens is 323 g/mol. The number of rotatable bonds is 3. The number of hydrogen-bond donors (Lipinski definition) is 0. The number of esters is 1. The Bertz CT molecular complexity index is 543. The molecule has 2 rings (SSSR count). The Morgan fingerprint density at radius 2 is 2.11 bits per heavy atom. The minimum absolute atomic E-state index is 0.0180. The van der Waals surface area contributed by atoms with E-state index in [1.165, 1.54) is 6.07 Å². The highest BCUT2D eigenvalue weighted by molar-refractivity contribution is 9.10. The molecule has 7 heteroatoms. The Morgan fingerprint density at radius 1 is 1.42 bits per heavy atom. The Balaban J connectivity index is 2.52. The normalized spacial score (nSPS) is 13.0. The van der Waals surface area contributed by atoms with E-state index in [2.05, 4.69) is 20.7 Å². The third-order valence-corrected chi connectivity index (χ3v) is 2.99. The fourth-order valence-corrected chi connectivity index (χ4v) is 2.04. The lowest BCUT2D eigenvalue weighted by Gasteiger charge is -2.21. The van der Waals surface area contributed by atoms with E-state index in [1.54, 1.807) is 6.92 Å². The summed E-state index contributed by atoms with van der Waals surface area (Å²) in [6, 6.07) is 1.35. The molecule has 102 valence electrons. The highest BCUT2D eigenvalue weighted by atomic mass is 79.9. The van der Waals surface area contributed by atoms with Gasteiger partial charge in [-0.1, -0.05) is 0 Å². The summed E-state index contributed by atoms with van der Waals surface area (Å²) in [4.78, 5) is 23.4. The minimum atomic E-state index is -1.13. The fraction of sp³-hybridized carbons (Fsp3) is 0.333. The van der Waals surface area contributed by atoms with Gasteiger partial charge in [-0.15, -0.1) is 0 Å². The Kier molecular flexibility index (Phi) is 4.04. The molecule has 0 atom stereocenters. The number of halogens is 2. The van der Waals surface area contributed by atoms with E-state index >= 15 is 0 Å². The standard InChI is InChI=1S/C12H10BrFO5/c1-2-17-12(16)10(15)8-9(14)6(13)5-7-11(8)19-4-3-18-7/h5H,2-4H2,1H3. The topological polar surface area (TPSA) is 61.8 Å². The first-order valence-electron chi connectivity index (χ1n) is 5.55. The van der Waals surface area contributed by atoms with Crippen LogP contribution in [0.25, 0.3) is 0 Å². The SMILES string of the molecule is CCOC(=O)C(=O)c1c(F)c(Br)cc2c1OCCO2. The Morgan fingerprint density at radius 3 is 2.79 bits per heavy atom. The van der Waals surface area contributed by atoms with Gasteiger partial charge in [0.05, 0.1) is 11.1 Å². The van der Waals surface area contributed by atoms with Crippen molar-refractivity contribution < 1.29 is 28.2 Å². The van der Waals surface area contributed by atoms with Crippen LogP contribution in [-0.4, -0.2) is 31.6 Å². The molecule has 0 N–H and O–H groups in total. The summed E-state index contributed by atoms with van der Waals surface area (Å²) in [5, 5.41) is 0. The van der Waals surface area contributed by atoms with Crippen molar-refractivity contribution in [2.24, 2.45) is 0 Å². The molecule has 0 aliphatic carbocycles. The van der Waals surface area contributed by atoms with Crippen LogP contribution in [0.4, 0.5) is 4.39 Å². The Labute approximate surface area is 116 Å². The van der Waals surface area contributed by atoms with Gasteiger partial charge in [-0.3, -0.25) is 4.79 Å². The number of ether oxygens (including phenoxy) is 3. The second-order valence-electron chi connectivity index (χ2n) is 3.62. The molecule has 0 spiro atoms. The monoisotopic (exact) mass is 332 g/mol. The second kappa shape index (κ2) is 5.56. The summed E-state index contributed by atoms with van der Waals surface area (Å²) >= 11 is 2.97. The van der Waals surface area contributed by atoms with E-state index in [9.17, 15) is 14.0 Å². The molecule has 0 unspecified atom stereocenters. The van der Waals surface area contributed by atoms with Gasteiger partial charge < -0.3 is 14.2 Å². The van der Waals surface area contributed by atoms with Crippen LogP contribution in [0, 0.1) is 5.82 Å². The van der Waals surface area contributed by atoms with Crippen molar-refractivity contribution in [1.29, 1.82) is 0 Å². The molecule has 0 fully saturated rings. The van der Waals surface area contributed by atoms with Crippen molar-refractivity contribution >= 4 is 27.7 Å². The summed E-state index contributed by atoms with van der Waals surface area (Å²) in [5.41, 5.74) is -0.470. The molecule has 0 radical (unpaired) electrons. The van der Waals surface area contributed by atoms with E-state index < -0.39 is 23.1 Å². The molecule has 5 nitrogen and oxygen atoms in total. The van der Waals surface area contributed by atoms with Gasteiger partial charge in [-0.2, -0.15) is 0 Å². The summed E-state index contributed by atoms with van der Waals surface area (Å²) in [7, 11) is 0. The van der Waals surface area contributed by atoms with Gasteiger partial charge in [-0.25, -0.2) is 9.18 Å². The predicted molar refractivity (Wildman–Crippen MR) is 66.1 cm³/mol. The van der Waals surface area contributed by atoms with Gasteiger partial charge in [0.15, 0.2) is 17.3 Å². The molecule has 1 heterocycles. The van der Waals surface area contributed by atoms with Crippen molar-refractivity contribution in [3.05, 3.63) is 21.9 Å². The number of benzene rings is 1. The molecule has 0 amide bonds. The highest BCUT2D eigenvalue weighted by Crippen LogP contribution is 2.39. The van der Waals surface area contributed by atoms with Crippen molar-refractivity contribution in [2.45, 2.75) is 6.92 Å². The molecule has 0 saturated carbocycles. The zero-order valence-electron chi connectivity index (χ0n) is 10.00. The largest absolute Gasteiger partial charge is 0.486 e. The summed E-state index contributed by atoms with van der Waals surface area (Å²) in [5.74, 6) is -2.95. The minimum Gasteiger partial charge on any atom is -0.486 e. The average molecular weight is 333 g/mol. The molecule has 1 aromatic carbocycles. The molecule has 1 aliphatic rings. The quantitative estimate of drug-likeness (QED) is 0.482. The van der Waals surface area contributed by atoms with Crippen molar-refractivity contribution in [3.8, 4) is 11.5 Å². The number of carbonyl (C=O) groups is 2. The number of carbonyl (C=O) groups excluding carboxylic acids is 2. The summed E-state index contributed by atoms with van der Waals surface area (Å²) in [6.07, 6.45) is 0. The number of Topliss-reactive ketones (excluding diaryl/α,β-unsaturated/α-hetero) is 1. The van der Waals surface area contributed by atoms with Gasteiger partial charge in [0.2, 0.25) is 0 Å². The number of hydrogen-bond acceptors (Lipinski definition) is 5. The van der Waals surface area contributed by atoms with Crippen molar-refractivity contribution in [2.75, 3.05) is 19.8 Å². The van der Waals surface area contributed by atoms with Gasteiger partial charge in [0.1, 0.15) is 18.8 Å². The first kappa shape index (κ1) is 13.8. The van der Waals surface area contributed by atoms with Crippen LogP contribution in [0.2, 0.25) is 0 Å². The van der Waals surface area contributed by atoms with Crippen LogP contribution < -0.4 is 9.47 Å². The zero-order chi connectivity index (χ0) is 14.0. The van der Waals surface area contributed by atoms with Crippen LogP contribution in [0.1, 0.15) is 17.3 Å². The van der Waals surface area contributed by atoms with Crippen LogP contribution in [0.15, 0.2) is 10.5 Å². The van der Waals surface area contributed by atoms with E-state index in [4.69, 9.17) is 9.47 Å². The van der Waals surface area contributed by atoms with Gasteiger partial charge in [0.25, 0.3) is 5.78 Å². The number of fused-ring (bicyclic) bond motifs is 1. The molecule has 19 heavy (non-hydrogen) atoms. The lowest BCUT2D eigenvalue weighted by Crippen LogP contribution is -2.23. The molecule has 0 aromatic heterocycles. The van der Waals surface area contributed by atoms with E-state index in [1.807, 2.05) is 0 Å². The predicted octanol–water partition coefficient (Wildman–Crippen LogP) is 2.11. The number of ketones is 1. The molecule has 0 bridgehead atoms. The van der Waals surface area contributed by atoms with Crippen LogP contribution in [-0.2, 0) is 9.53 Å². The highest BCUT2D eigenvalue weighted by Gasteiger charge is 2.31. The molecule has 0 saturated heterocycles. The van der Waals surface area contributed by atoms with Gasteiger partial charge in [0, 0.05) is 6.07 Å². The molecular formula is C12H10BrFO5. The van der Waals surface area contributed by atoms with Crippen LogP contribution in [0.5, 0.6) is 11.5 Å². The first-order chi connectivity index (χ1) is 9.06. The van der Waals surface area contributed by atoms with E-state index in [-0.39, 0.29) is 35.8 Å². The van der Waals surface area contributed by atoms with Gasteiger partial charge in [-0.05, 0) is 22.9 Å². The van der Waals surface area contributed by atoms with Gasteiger partial charge >= 0.3 is 5.97 Å². The third kappa shape index (κ3) is 2.56. The maximum absolute atomic E-state index is 14.0. The summed E-state index contributed by atoms with van der Waals surface area (Å²) < 4.78 is 29.1. The molecule has 1 aromatic rings. The Hall–Kier alpha value is -1.63. The maximum Gasteiger partial charge on any atom is 0.379 e. The van der Waals surface area contributed by atoms with Crippen LogP contribution in [0.3, 0.4) is 0 Å². The van der Waals surface area contributed by atoms with E-state index in [0.29, 0.717) is 0 Å². The first-order valence-corrected chi connectivity index (χ1v) is 6.34. The second-order valence-corrected chi connectivity index (χ2v) is 4.48. The van der Waals surface area contributed by atoms with E-state index in [0.717, 1.165) is 0 Å². The lowest BCUT2D eigenvalue weighted by molar-refractivity contribution is -0.137. The van der Waals surface area contributed by atoms with Crippen molar-refractivity contribution in [1.82, 2.24) is 0 Å². The average Bonchev–Trinajstić information content (AvgIpc) is 2.40.